The van der Waals surface area contributed by atoms with Crippen molar-refractivity contribution in [3.05, 3.63) is 0 Å². The Morgan fingerprint density at radius 2 is 1.50 bits per heavy atom. The molecule has 62 valence electrons. The summed E-state index contributed by atoms with van der Waals surface area (Å²) in [6.07, 6.45) is 0. The molecule has 0 radical (unpaired) electrons. The highest BCUT2D eigenvalue weighted by molar-refractivity contribution is 7.44. The van der Waals surface area contributed by atoms with Crippen molar-refractivity contribution < 1.29 is 9.05 Å². The van der Waals surface area contributed by atoms with E-state index in [-0.39, 0.29) is 0 Å². The van der Waals surface area contributed by atoms with Gasteiger partial charge in [0.1, 0.15) is 0 Å². The van der Waals surface area contributed by atoms with Gasteiger partial charge in [0.25, 0.3) is 8.53 Å². The summed E-state index contributed by atoms with van der Waals surface area (Å²) < 4.78 is 12.4. The number of nitrogens with zero attached hydrogens (tertiary/aromatic N) is 1. The highest BCUT2D eigenvalue weighted by Crippen LogP contribution is 2.39. The summed E-state index contributed by atoms with van der Waals surface area (Å²) in [5.74, 6) is 0. The molecular weight excluding hydrogens is 149 g/mol. The van der Waals surface area contributed by atoms with E-state index in [1.165, 1.54) is 0 Å². The fourth-order valence-corrected chi connectivity index (χ4v) is 1.83. The SMILES string of the molecule is CCN(CC)P(OC)OC. The van der Waals surface area contributed by atoms with Gasteiger partial charge in [-0.25, -0.2) is 4.67 Å². The van der Waals surface area contributed by atoms with E-state index < -0.39 is 8.53 Å². The summed E-state index contributed by atoms with van der Waals surface area (Å²) in [5, 5.41) is 0. The largest absolute Gasteiger partial charge is 0.325 e. The van der Waals surface area contributed by atoms with Crippen molar-refractivity contribution >= 4 is 8.53 Å². The molecular formula is C6H16NO2P. The first kappa shape index (κ1) is 10.3. The van der Waals surface area contributed by atoms with Crippen LogP contribution in [0.25, 0.3) is 0 Å². The zero-order chi connectivity index (χ0) is 7.98. The first-order valence-corrected chi connectivity index (χ1v) is 4.56. The smallest absolute Gasteiger partial charge is 0.258 e. The van der Waals surface area contributed by atoms with Crippen molar-refractivity contribution in [3.8, 4) is 0 Å². The Balaban J connectivity index is 3.70. The van der Waals surface area contributed by atoms with Crippen molar-refractivity contribution in [1.29, 1.82) is 0 Å². The van der Waals surface area contributed by atoms with Gasteiger partial charge in [-0.2, -0.15) is 0 Å². The highest BCUT2D eigenvalue weighted by atomic mass is 31.2. The Morgan fingerprint density at radius 1 is 1.10 bits per heavy atom. The summed E-state index contributed by atoms with van der Waals surface area (Å²) in [7, 11) is 2.56. The van der Waals surface area contributed by atoms with Crippen LogP contribution in [-0.2, 0) is 9.05 Å². The Morgan fingerprint density at radius 3 is 1.60 bits per heavy atom. The molecule has 0 spiro atoms. The van der Waals surface area contributed by atoms with E-state index in [0.29, 0.717) is 0 Å². The molecule has 0 amide bonds. The van der Waals surface area contributed by atoms with Crippen LogP contribution in [0.5, 0.6) is 0 Å². The molecule has 0 rings (SSSR count). The topological polar surface area (TPSA) is 21.7 Å². The minimum absolute atomic E-state index is 0.787. The van der Waals surface area contributed by atoms with Crippen LogP contribution in [-0.4, -0.2) is 32.0 Å². The fourth-order valence-electron chi connectivity index (χ4n) is 0.760. The maximum atomic E-state index is 5.11. The van der Waals surface area contributed by atoms with Gasteiger partial charge in [0.15, 0.2) is 0 Å². The summed E-state index contributed by atoms with van der Waals surface area (Å²) in [6, 6.07) is 0. The summed E-state index contributed by atoms with van der Waals surface area (Å²) in [5.41, 5.74) is 0. The molecule has 0 unspecified atom stereocenters. The monoisotopic (exact) mass is 165 g/mol. The van der Waals surface area contributed by atoms with Crippen LogP contribution >= 0.6 is 8.53 Å². The second-order valence-corrected chi connectivity index (χ2v) is 3.51. The van der Waals surface area contributed by atoms with E-state index in [1.54, 1.807) is 14.2 Å². The van der Waals surface area contributed by atoms with Gasteiger partial charge in [-0.1, -0.05) is 13.8 Å². The van der Waals surface area contributed by atoms with Crippen LogP contribution in [0.4, 0.5) is 0 Å². The Kier molecular flexibility index (Phi) is 6.24. The van der Waals surface area contributed by atoms with E-state index >= 15 is 0 Å². The minimum atomic E-state index is -0.787. The molecule has 0 aromatic rings. The number of rotatable bonds is 5. The lowest BCUT2D eigenvalue weighted by molar-refractivity contribution is 0.276. The molecule has 0 saturated carbocycles. The van der Waals surface area contributed by atoms with Crippen LogP contribution in [0.2, 0.25) is 0 Å². The van der Waals surface area contributed by atoms with Crippen LogP contribution in [0.3, 0.4) is 0 Å². The quantitative estimate of drug-likeness (QED) is 0.580. The number of hydrogen-bond acceptors (Lipinski definition) is 3. The zero-order valence-electron chi connectivity index (χ0n) is 7.13. The summed E-state index contributed by atoms with van der Waals surface area (Å²) in [6.45, 7) is 6.14. The Bertz CT molecular complexity index is 64.1. The molecule has 0 atom stereocenters. The maximum Gasteiger partial charge on any atom is 0.258 e. The molecule has 0 fully saturated rings. The average Bonchev–Trinajstić information content (AvgIpc) is 2.00. The molecule has 0 aliphatic carbocycles. The lowest BCUT2D eigenvalue weighted by atomic mass is 10.7. The van der Waals surface area contributed by atoms with E-state index in [0.717, 1.165) is 13.1 Å². The molecule has 0 bridgehead atoms. The minimum Gasteiger partial charge on any atom is -0.325 e. The summed E-state index contributed by atoms with van der Waals surface area (Å²) >= 11 is 0. The number of hydrogen-bond donors (Lipinski definition) is 0. The van der Waals surface area contributed by atoms with Crippen molar-refractivity contribution in [1.82, 2.24) is 4.67 Å². The first-order chi connectivity index (χ1) is 4.79. The molecule has 0 aliphatic heterocycles. The van der Waals surface area contributed by atoms with Crippen LogP contribution in [0.15, 0.2) is 0 Å². The van der Waals surface area contributed by atoms with Crippen LogP contribution in [0.1, 0.15) is 13.8 Å². The van der Waals surface area contributed by atoms with Gasteiger partial charge in [-0.05, 0) is 0 Å². The molecule has 0 saturated heterocycles. The fraction of sp³-hybridized carbons (Fsp3) is 1.00. The van der Waals surface area contributed by atoms with E-state index in [1.807, 2.05) is 0 Å². The van der Waals surface area contributed by atoms with Crippen LogP contribution < -0.4 is 0 Å². The standard InChI is InChI=1S/C6H16NO2P/c1-5-7(6-2)10(8-3)9-4/h5-6H2,1-4H3. The Hall–Kier alpha value is 0.310. The normalized spacial score (nSPS) is 11.4. The maximum absolute atomic E-state index is 5.11. The van der Waals surface area contributed by atoms with Crippen molar-refractivity contribution in [3.63, 3.8) is 0 Å². The van der Waals surface area contributed by atoms with Crippen molar-refractivity contribution in [2.45, 2.75) is 13.8 Å². The zero-order valence-corrected chi connectivity index (χ0v) is 8.02. The third-order valence-corrected chi connectivity index (χ3v) is 2.93. The van der Waals surface area contributed by atoms with Gasteiger partial charge in [0.2, 0.25) is 0 Å². The van der Waals surface area contributed by atoms with Crippen LogP contribution in [0, 0.1) is 0 Å². The lowest BCUT2D eigenvalue weighted by Gasteiger charge is -2.24. The second-order valence-electron chi connectivity index (χ2n) is 1.74. The van der Waals surface area contributed by atoms with E-state index in [2.05, 4.69) is 18.5 Å². The Labute approximate surface area is 64.3 Å². The first-order valence-electron chi connectivity index (χ1n) is 3.43. The third-order valence-electron chi connectivity index (χ3n) is 1.27. The summed E-state index contributed by atoms with van der Waals surface area (Å²) in [4.78, 5) is 0. The molecule has 4 heteroatoms. The lowest BCUT2D eigenvalue weighted by Crippen LogP contribution is -2.17. The van der Waals surface area contributed by atoms with Gasteiger partial charge in [-0.15, -0.1) is 0 Å². The van der Waals surface area contributed by atoms with Gasteiger partial charge < -0.3 is 9.05 Å². The molecule has 0 aliphatic rings. The van der Waals surface area contributed by atoms with Gasteiger partial charge in [0.05, 0.1) is 0 Å². The van der Waals surface area contributed by atoms with Gasteiger partial charge in [-0.3, -0.25) is 0 Å². The van der Waals surface area contributed by atoms with E-state index in [9.17, 15) is 0 Å². The van der Waals surface area contributed by atoms with Crippen molar-refractivity contribution in [2.75, 3.05) is 27.3 Å². The molecule has 0 aromatic heterocycles. The molecule has 0 heterocycles. The molecule has 3 nitrogen and oxygen atoms in total. The molecule has 0 aromatic carbocycles. The van der Waals surface area contributed by atoms with Crippen molar-refractivity contribution in [2.24, 2.45) is 0 Å². The highest BCUT2D eigenvalue weighted by Gasteiger charge is 2.13. The van der Waals surface area contributed by atoms with Gasteiger partial charge >= 0.3 is 0 Å². The molecule has 0 N–H and O–H groups in total. The van der Waals surface area contributed by atoms with E-state index in [4.69, 9.17) is 9.05 Å². The second kappa shape index (κ2) is 6.05. The third kappa shape index (κ3) is 2.93. The predicted molar refractivity (Wildman–Crippen MR) is 43.9 cm³/mol. The molecule has 10 heavy (non-hydrogen) atoms. The van der Waals surface area contributed by atoms with Gasteiger partial charge in [0, 0.05) is 27.3 Å². The average molecular weight is 165 g/mol. The predicted octanol–water partition coefficient (Wildman–Crippen LogP) is 1.85.